The lowest BCUT2D eigenvalue weighted by molar-refractivity contribution is -0.129. The minimum Gasteiger partial charge on any atom is -0.342 e. The third kappa shape index (κ3) is 2.65. The number of halogens is 1. The summed E-state index contributed by atoms with van der Waals surface area (Å²) in [6, 6.07) is 0. The number of carbonyl (C=O) groups is 1. The summed E-state index contributed by atoms with van der Waals surface area (Å²) in [5.41, 5.74) is 0. The molecule has 4 nitrogen and oxygen atoms in total. The van der Waals surface area contributed by atoms with Gasteiger partial charge in [0.15, 0.2) is 0 Å². The topological polar surface area (TPSA) is 54.5 Å². The lowest BCUT2D eigenvalue weighted by atomic mass is 10.1. The Morgan fingerprint density at radius 2 is 2.15 bits per heavy atom. The van der Waals surface area contributed by atoms with Crippen LogP contribution in [0.2, 0.25) is 0 Å². The van der Waals surface area contributed by atoms with Gasteiger partial charge in [0, 0.05) is 20.0 Å². The smallest absolute Gasteiger partial charge is 0.307 e. The fourth-order valence-corrected chi connectivity index (χ4v) is 2.26. The summed E-state index contributed by atoms with van der Waals surface area (Å²) in [6.45, 7) is 1.88. The van der Waals surface area contributed by atoms with Crippen molar-refractivity contribution in [2.75, 3.05) is 13.1 Å². The molecule has 1 atom stereocenters. The van der Waals surface area contributed by atoms with Crippen LogP contribution in [0, 0.1) is 0 Å². The van der Waals surface area contributed by atoms with Crippen LogP contribution < -0.4 is 0 Å². The Balaban J connectivity index is 2.67. The Morgan fingerprint density at radius 1 is 1.54 bits per heavy atom. The quantitative estimate of drug-likeness (QED) is 0.583. The highest BCUT2D eigenvalue weighted by Gasteiger charge is 2.31. The number of likely N-dealkylation sites (tertiary alicyclic amines) is 1. The van der Waals surface area contributed by atoms with Crippen LogP contribution in [0.15, 0.2) is 0 Å². The van der Waals surface area contributed by atoms with E-state index in [1.165, 1.54) is 11.8 Å². The summed E-state index contributed by atoms with van der Waals surface area (Å²) < 4.78 is 33.6. The van der Waals surface area contributed by atoms with Crippen molar-refractivity contribution in [2.24, 2.45) is 0 Å². The second-order valence-corrected chi connectivity index (χ2v) is 4.82. The third-order valence-corrected chi connectivity index (χ3v) is 3.40. The minimum atomic E-state index is -4.49. The van der Waals surface area contributed by atoms with Crippen molar-refractivity contribution in [3.05, 3.63) is 0 Å². The highest BCUT2D eigenvalue weighted by molar-refractivity contribution is 7.87. The fraction of sp³-hybridized carbons (Fsp3) is 0.857. The molecule has 1 aliphatic rings. The number of amides is 1. The van der Waals surface area contributed by atoms with Gasteiger partial charge in [0.05, 0.1) is 0 Å². The summed E-state index contributed by atoms with van der Waals surface area (Å²) in [5, 5.41) is -1.02. The van der Waals surface area contributed by atoms with Gasteiger partial charge in [-0.25, -0.2) is 0 Å². The van der Waals surface area contributed by atoms with Crippen LogP contribution in [0.3, 0.4) is 0 Å². The van der Waals surface area contributed by atoms with Crippen molar-refractivity contribution >= 4 is 16.1 Å². The van der Waals surface area contributed by atoms with Crippen molar-refractivity contribution in [1.82, 2.24) is 4.90 Å². The van der Waals surface area contributed by atoms with Crippen molar-refractivity contribution < 1.29 is 17.1 Å². The van der Waals surface area contributed by atoms with Gasteiger partial charge in [0.25, 0.3) is 0 Å². The standard InChI is InChI=1S/C7H12FNO3S/c1-6(10)9-4-2-3-7(5-9)13(8,11)12/h7H,2-5H2,1H3. The Kier molecular flexibility index (Phi) is 2.90. The van der Waals surface area contributed by atoms with Gasteiger partial charge >= 0.3 is 10.2 Å². The molecule has 0 aromatic heterocycles. The van der Waals surface area contributed by atoms with Crippen molar-refractivity contribution in [1.29, 1.82) is 0 Å². The molecule has 0 saturated carbocycles. The van der Waals surface area contributed by atoms with Gasteiger partial charge in [-0.2, -0.15) is 8.42 Å². The summed E-state index contributed by atoms with van der Waals surface area (Å²) in [5.74, 6) is -0.201. The van der Waals surface area contributed by atoms with Gasteiger partial charge in [-0.1, -0.05) is 0 Å². The van der Waals surface area contributed by atoms with Gasteiger partial charge < -0.3 is 4.90 Å². The summed E-state index contributed by atoms with van der Waals surface area (Å²) in [4.78, 5) is 12.2. The van der Waals surface area contributed by atoms with E-state index in [9.17, 15) is 17.1 Å². The molecule has 76 valence electrons. The first-order valence-electron chi connectivity index (χ1n) is 4.10. The lowest BCUT2D eigenvalue weighted by Crippen LogP contribution is -2.43. The normalized spacial score (nSPS) is 24.5. The average Bonchev–Trinajstić information content (AvgIpc) is 2.03. The molecule has 0 bridgehead atoms. The Hall–Kier alpha value is -0.650. The van der Waals surface area contributed by atoms with Gasteiger partial charge in [0.1, 0.15) is 5.25 Å². The molecule has 1 heterocycles. The lowest BCUT2D eigenvalue weighted by Gasteiger charge is -2.29. The number of hydrogen-bond acceptors (Lipinski definition) is 3. The molecule has 1 aliphatic heterocycles. The molecular formula is C7H12FNO3S. The van der Waals surface area contributed by atoms with Crippen LogP contribution in [-0.4, -0.2) is 37.6 Å². The third-order valence-electron chi connectivity index (χ3n) is 2.22. The Morgan fingerprint density at radius 3 is 2.62 bits per heavy atom. The van der Waals surface area contributed by atoms with E-state index < -0.39 is 15.5 Å². The number of piperidine rings is 1. The maximum atomic E-state index is 12.5. The van der Waals surface area contributed by atoms with E-state index in [-0.39, 0.29) is 12.5 Å². The minimum absolute atomic E-state index is 0.00579. The number of carbonyl (C=O) groups excluding carboxylic acids is 1. The summed E-state index contributed by atoms with van der Waals surface area (Å²) >= 11 is 0. The molecule has 1 rings (SSSR count). The van der Waals surface area contributed by atoms with Crippen LogP contribution in [0.5, 0.6) is 0 Å². The zero-order valence-electron chi connectivity index (χ0n) is 7.36. The first kappa shape index (κ1) is 10.4. The molecule has 0 aromatic rings. The molecule has 0 N–H and O–H groups in total. The largest absolute Gasteiger partial charge is 0.342 e. The molecule has 0 radical (unpaired) electrons. The van der Waals surface area contributed by atoms with Crippen LogP contribution >= 0.6 is 0 Å². The predicted octanol–water partition coefficient (Wildman–Crippen LogP) is 0.297. The fourth-order valence-electron chi connectivity index (χ4n) is 1.45. The van der Waals surface area contributed by atoms with Crippen LogP contribution in [0.4, 0.5) is 3.89 Å². The first-order chi connectivity index (χ1) is 5.91. The number of nitrogens with zero attached hydrogens (tertiary/aromatic N) is 1. The Bertz CT molecular complexity index is 301. The van der Waals surface area contributed by atoms with Crippen LogP contribution in [0.25, 0.3) is 0 Å². The molecule has 1 amide bonds. The molecular weight excluding hydrogens is 197 g/mol. The van der Waals surface area contributed by atoms with Gasteiger partial charge in [-0.05, 0) is 12.8 Å². The molecule has 1 unspecified atom stereocenters. The molecule has 0 aromatic carbocycles. The summed E-state index contributed by atoms with van der Waals surface area (Å²) in [7, 11) is -4.49. The highest BCUT2D eigenvalue weighted by Crippen LogP contribution is 2.18. The summed E-state index contributed by atoms with van der Waals surface area (Å²) in [6.07, 6.45) is 0.857. The molecule has 13 heavy (non-hydrogen) atoms. The maximum Gasteiger partial charge on any atom is 0.307 e. The zero-order chi connectivity index (χ0) is 10.1. The second kappa shape index (κ2) is 3.61. The molecule has 1 saturated heterocycles. The predicted molar refractivity (Wildman–Crippen MR) is 45.3 cm³/mol. The Labute approximate surface area is 76.9 Å². The molecule has 1 fully saturated rings. The molecule has 0 spiro atoms. The van der Waals surface area contributed by atoms with E-state index in [4.69, 9.17) is 0 Å². The highest BCUT2D eigenvalue weighted by atomic mass is 32.3. The van der Waals surface area contributed by atoms with E-state index >= 15 is 0 Å². The van der Waals surface area contributed by atoms with E-state index in [2.05, 4.69) is 0 Å². The number of hydrogen-bond donors (Lipinski definition) is 0. The van der Waals surface area contributed by atoms with Crippen molar-refractivity contribution in [2.45, 2.75) is 25.0 Å². The number of rotatable bonds is 1. The first-order valence-corrected chi connectivity index (χ1v) is 5.55. The SMILES string of the molecule is CC(=O)N1CCCC(S(=O)(=O)F)C1. The maximum absolute atomic E-state index is 12.5. The molecule has 0 aliphatic carbocycles. The second-order valence-electron chi connectivity index (χ2n) is 3.20. The zero-order valence-corrected chi connectivity index (χ0v) is 8.18. The van der Waals surface area contributed by atoms with Crippen molar-refractivity contribution in [3.63, 3.8) is 0 Å². The average molecular weight is 209 g/mol. The van der Waals surface area contributed by atoms with Crippen molar-refractivity contribution in [3.8, 4) is 0 Å². The van der Waals surface area contributed by atoms with E-state index in [0.29, 0.717) is 19.4 Å². The van der Waals surface area contributed by atoms with E-state index in [1.807, 2.05) is 0 Å². The van der Waals surface area contributed by atoms with Gasteiger partial charge in [-0.3, -0.25) is 4.79 Å². The van der Waals surface area contributed by atoms with E-state index in [0.717, 1.165) is 0 Å². The van der Waals surface area contributed by atoms with Gasteiger partial charge in [-0.15, -0.1) is 3.89 Å². The molecule has 6 heteroatoms. The van der Waals surface area contributed by atoms with Crippen LogP contribution in [-0.2, 0) is 15.0 Å². The van der Waals surface area contributed by atoms with Crippen LogP contribution in [0.1, 0.15) is 19.8 Å². The van der Waals surface area contributed by atoms with E-state index in [1.54, 1.807) is 0 Å². The monoisotopic (exact) mass is 209 g/mol. The van der Waals surface area contributed by atoms with Gasteiger partial charge in [0.2, 0.25) is 5.91 Å².